The number of nitrogens with one attached hydrogen (secondary N) is 1. The molecule has 0 unspecified atom stereocenters. The highest BCUT2D eigenvalue weighted by Gasteiger charge is 2.23. The average molecular weight is 514 g/mol. The lowest BCUT2D eigenvalue weighted by atomic mass is 10.0. The summed E-state index contributed by atoms with van der Waals surface area (Å²) in [7, 11) is 4.09. The Hall–Kier alpha value is -4.05. The monoisotopic (exact) mass is 513 g/mol. The number of hydrogen-bond donors (Lipinski definition) is 2. The third-order valence-electron chi connectivity index (χ3n) is 7.69. The molecule has 0 saturated carbocycles. The van der Waals surface area contributed by atoms with E-state index in [2.05, 4.69) is 55.7 Å². The number of rotatable bonds is 5. The topological polar surface area (TPSA) is 101 Å². The largest absolute Gasteiger partial charge is 0.369 e. The Morgan fingerprint density at radius 1 is 1.03 bits per heavy atom. The predicted octanol–water partition coefficient (Wildman–Crippen LogP) is 4.21. The molecule has 3 heterocycles. The van der Waals surface area contributed by atoms with E-state index in [-0.39, 0.29) is 17.7 Å². The van der Waals surface area contributed by atoms with Gasteiger partial charge in [0.25, 0.3) is 0 Å². The first-order valence-corrected chi connectivity index (χ1v) is 13.1. The van der Waals surface area contributed by atoms with Crippen LogP contribution in [-0.4, -0.2) is 63.1 Å². The van der Waals surface area contributed by atoms with Crippen LogP contribution in [0.2, 0.25) is 0 Å². The number of fused-ring (bicyclic) bond motifs is 3. The van der Waals surface area contributed by atoms with Crippen molar-refractivity contribution in [3.05, 3.63) is 65.5 Å². The number of nitrogens with two attached hydrogens (primary N) is 1. The average Bonchev–Trinajstić information content (AvgIpc) is 3.18. The predicted molar refractivity (Wildman–Crippen MR) is 147 cm³/mol. The van der Waals surface area contributed by atoms with E-state index in [4.69, 9.17) is 5.73 Å². The number of piperidine rings is 1. The Bertz CT molecular complexity index is 1460. The van der Waals surface area contributed by atoms with Crippen molar-refractivity contribution in [3.8, 4) is 17.1 Å². The third kappa shape index (κ3) is 4.67. The number of nitrogen functional groups attached to an aromatic ring is 1. The highest BCUT2D eigenvalue weighted by molar-refractivity contribution is 5.68. The molecule has 0 radical (unpaired) electrons. The van der Waals surface area contributed by atoms with Crippen molar-refractivity contribution >= 4 is 23.3 Å². The Morgan fingerprint density at radius 3 is 2.63 bits per heavy atom. The van der Waals surface area contributed by atoms with Crippen LogP contribution in [0, 0.1) is 5.82 Å². The highest BCUT2D eigenvalue weighted by Crippen LogP contribution is 2.32. The molecule has 6 rings (SSSR count). The Labute approximate surface area is 221 Å². The lowest BCUT2D eigenvalue weighted by Gasteiger charge is -2.36. The first-order valence-electron chi connectivity index (χ1n) is 13.1. The van der Waals surface area contributed by atoms with Gasteiger partial charge in [0, 0.05) is 24.3 Å². The van der Waals surface area contributed by atoms with Gasteiger partial charge in [-0.1, -0.05) is 24.3 Å². The fourth-order valence-corrected chi connectivity index (χ4v) is 5.50. The summed E-state index contributed by atoms with van der Waals surface area (Å²) in [5.74, 6) is 0.651. The lowest BCUT2D eigenvalue weighted by Crippen LogP contribution is -2.42. The van der Waals surface area contributed by atoms with Gasteiger partial charge in [-0.15, -0.1) is 15.3 Å². The maximum absolute atomic E-state index is 15.1. The van der Waals surface area contributed by atoms with Crippen LogP contribution >= 0.6 is 0 Å². The number of halogens is 1. The van der Waals surface area contributed by atoms with E-state index in [1.54, 1.807) is 6.07 Å². The van der Waals surface area contributed by atoms with Gasteiger partial charge in [0.05, 0.1) is 11.4 Å². The highest BCUT2D eigenvalue weighted by atomic mass is 19.1. The van der Waals surface area contributed by atoms with Crippen LogP contribution in [0.25, 0.3) is 17.1 Å². The summed E-state index contributed by atoms with van der Waals surface area (Å²) < 4.78 is 16.6. The molecule has 1 aliphatic heterocycles. The molecule has 2 aromatic carbocycles. The Morgan fingerprint density at radius 2 is 1.82 bits per heavy atom. The Kier molecular flexibility index (Phi) is 6.40. The number of anilines is 4. The lowest BCUT2D eigenvalue weighted by molar-refractivity contribution is 0.252. The molecule has 9 nitrogen and oxygen atoms in total. The van der Waals surface area contributed by atoms with Crippen molar-refractivity contribution in [2.45, 2.75) is 38.1 Å². The van der Waals surface area contributed by atoms with Crippen molar-refractivity contribution in [2.75, 3.05) is 43.1 Å². The van der Waals surface area contributed by atoms with Gasteiger partial charge in [0.2, 0.25) is 11.9 Å². The molecule has 4 aromatic rings. The standard InChI is InChI=1S/C28H32FN9/c1-36-14-12-21(13-15-36)37(2)24-11-10-20(17-23(24)29)31-28-32-27(30)38(35-28)25-16-19-8-5-7-18-6-3-4-9-22(18)26(19)34-33-25/h3-4,6,9-11,16-17,21H,5,7-8,12-15H2,1-2H3,(H3,30,31,32,35). The molecule has 2 aromatic heterocycles. The fourth-order valence-electron chi connectivity index (χ4n) is 5.50. The molecular weight excluding hydrogens is 481 g/mol. The summed E-state index contributed by atoms with van der Waals surface area (Å²) in [6.07, 6.45) is 4.97. The molecular formula is C28H32FN9. The zero-order valence-electron chi connectivity index (χ0n) is 21.7. The number of aromatic nitrogens is 5. The SMILES string of the molecule is CN1CCC(N(C)c2ccc(Nc3nc(N)n(-c4cc5c(nn4)-c4ccccc4CCC5)n3)cc2F)CC1. The second-order valence-electron chi connectivity index (χ2n) is 10.2. The summed E-state index contributed by atoms with van der Waals surface area (Å²) in [5, 5.41) is 16.5. The number of aryl methyl sites for hydroxylation is 2. The number of hydrogen-bond acceptors (Lipinski definition) is 8. The van der Waals surface area contributed by atoms with E-state index in [0.29, 0.717) is 23.2 Å². The molecule has 1 saturated heterocycles. The fraction of sp³-hybridized carbons (Fsp3) is 0.357. The molecule has 38 heavy (non-hydrogen) atoms. The first-order chi connectivity index (χ1) is 18.5. The molecule has 10 heteroatoms. The number of likely N-dealkylation sites (tertiary alicyclic amines) is 1. The van der Waals surface area contributed by atoms with Gasteiger partial charge >= 0.3 is 0 Å². The maximum atomic E-state index is 15.1. The molecule has 0 amide bonds. The summed E-state index contributed by atoms with van der Waals surface area (Å²) in [6.45, 7) is 2.04. The Balaban J connectivity index is 1.21. The van der Waals surface area contributed by atoms with Crippen molar-refractivity contribution in [2.24, 2.45) is 0 Å². The van der Waals surface area contributed by atoms with Crippen LogP contribution in [0.15, 0.2) is 48.5 Å². The molecule has 0 atom stereocenters. The van der Waals surface area contributed by atoms with Crippen molar-refractivity contribution < 1.29 is 4.39 Å². The summed E-state index contributed by atoms with van der Waals surface area (Å²) in [6, 6.07) is 15.7. The van der Waals surface area contributed by atoms with Gasteiger partial charge in [0.1, 0.15) is 5.82 Å². The number of benzene rings is 2. The normalized spacial score (nSPS) is 16.0. The second-order valence-corrected chi connectivity index (χ2v) is 10.2. The van der Waals surface area contributed by atoms with Crippen LogP contribution in [0.4, 0.5) is 27.7 Å². The minimum absolute atomic E-state index is 0.176. The summed E-state index contributed by atoms with van der Waals surface area (Å²) >= 11 is 0. The summed E-state index contributed by atoms with van der Waals surface area (Å²) in [4.78, 5) is 8.69. The van der Waals surface area contributed by atoms with Crippen LogP contribution in [0.5, 0.6) is 0 Å². The van der Waals surface area contributed by atoms with Gasteiger partial charge < -0.3 is 20.9 Å². The smallest absolute Gasteiger partial charge is 0.248 e. The first kappa shape index (κ1) is 24.3. The van der Waals surface area contributed by atoms with Gasteiger partial charge in [-0.2, -0.15) is 9.67 Å². The zero-order valence-corrected chi connectivity index (χ0v) is 21.7. The molecule has 1 aliphatic carbocycles. The van der Waals surface area contributed by atoms with Gasteiger partial charge in [-0.25, -0.2) is 4.39 Å². The minimum atomic E-state index is -0.291. The van der Waals surface area contributed by atoms with E-state index in [0.717, 1.165) is 62.0 Å². The van der Waals surface area contributed by atoms with E-state index < -0.39 is 0 Å². The summed E-state index contributed by atoms with van der Waals surface area (Å²) in [5.41, 5.74) is 11.8. The zero-order chi connectivity index (χ0) is 26.2. The minimum Gasteiger partial charge on any atom is -0.369 e. The molecule has 3 N–H and O–H groups in total. The molecule has 0 bridgehead atoms. The van der Waals surface area contributed by atoms with Crippen LogP contribution in [0.1, 0.15) is 30.4 Å². The second kappa shape index (κ2) is 10.0. The quantitative estimate of drug-likeness (QED) is 0.409. The van der Waals surface area contributed by atoms with Crippen molar-refractivity contribution in [1.29, 1.82) is 0 Å². The van der Waals surface area contributed by atoms with E-state index in [1.807, 2.05) is 30.1 Å². The van der Waals surface area contributed by atoms with Crippen LogP contribution < -0.4 is 16.0 Å². The molecule has 2 aliphatic rings. The van der Waals surface area contributed by atoms with E-state index >= 15 is 4.39 Å². The third-order valence-corrected chi connectivity index (χ3v) is 7.69. The maximum Gasteiger partial charge on any atom is 0.248 e. The molecule has 0 spiro atoms. The van der Waals surface area contributed by atoms with Gasteiger partial charge in [-0.3, -0.25) is 0 Å². The van der Waals surface area contributed by atoms with Crippen LogP contribution in [-0.2, 0) is 12.8 Å². The van der Waals surface area contributed by atoms with E-state index in [1.165, 1.54) is 16.3 Å². The van der Waals surface area contributed by atoms with Gasteiger partial charge in [-0.05, 0) is 87.6 Å². The number of nitrogens with zero attached hydrogens (tertiary/aromatic N) is 7. The van der Waals surface area contributed by atoms with E-state index in [9.17, 15) is 0 Å². The molecule has 196 valence electrons. The van der Waals surface area contributed by atoms with Crippen molar-refractivity contribution in [1.82, 2.24) is 29.9 Å². The van der Waals surface area contributed by atoms with Crippen molar-refractivity contribution in [3.63, 3.8) is 0 Å². The van der Waals surface area contributed by atoms with Gasteiger partial charge in [0.15, 0.2) is 5.82 Å². The molecule has 1 fully saturated rings. The van der Waals surface area contributed by atoms with Crippen LogP contribution in [0.3, 0.4) is 0 Å².